The third-order valence-corrected chi connectivity index (χ3v) is 3.21. The van der Waals surface area contributed by atoms with Crippen LogP contribution in [0.15, 0.2) is 0 Å². The highest BCUT2D eigenvalue weighted by Crippen LogP contribution is 2.09. The number of rotatable bonds is 3. The van der Waals surface area contributed by atoms with Gasteiger partial charge < -0.3 is 15.5 Å². The molecule has 1 amide bonds. The molecule has 0 saturated carbocycles. The molecule has 2 atom stereocenters. The fourth-order valence-electron chi connectivity index (χ4n) is 2.05. The first kappa shape index (κ1) is 9.93. The summed E-state index contributed by atoms with van der Waals surface area (Å²) in [6.45, 7) is 6.39. The lowest BCUT2D eigenvalue weighted by molar-refractivity contribution is -0.125. The molecule has 0 radical (unpaired) electrons. The monoisotopic (exact) mass is 197 g/mol. The van der Waals surface area contributed by atoms with E-state index in [1.54, 1.807) is 0 Å². The summed E-state index contributed by atoms with van der Waals surface area (Å²) in [5.41, 5.74) is 0. The maximum Gasteiger partial charge on any atom is 0.237 e. The van der Waals surface area contributed by atoms with Crippen molar-refractivity contribution in [3.8, 4) is 0 Å². The van der Waals surface area contributed by atoms with E-state index in [1.165, 1.54) is 0 Å². The Bertz CT molecular complexity index is 215. The van der Waals surface area contributed by atoms with E-state index < -0.39 is 0 Å². The van der Waals surface area contributed by atoms with Gasteiger partial charge in [0.2, 0.25) is 5.91 Å². The Morgan fingerprint density at radius 1 is 1.57 bits per heavy atom. The standard InChI is InChI=1S/C10H19N3O/c1-2-13-6-4-8(7-13)12-10(14)9-3-5-11-9/h8-9,11H,2-7H2,1H3,(H,12,14). The average Bonchev–Trinajstić information content (AvgIpc) is 2.48. The summed E-state index contributed by atoms with van der Waals surface area (Å²) in [5, 5.41) is 6.22. The highest BCUT2D eigenvalue weighted by Gasteiger charge is 2.28. The summed E-state index contributed by atoms with van der Waals surface area (Å²) in [4.78, 5) is 14.0. The third-order valence-electron chi connectivity index (χ3n) is 3.21. The molecule has 2 saturated heterocycles. The minimum Gasteiger partial charge on any atom is -0.351 e. The molecule has 0 bridgehead atoms. The number of amides is 1. The lowest BCUT2D eigenvalue weighted by atomic mass is 10.1. The zero-order chi connectivity index (χ0) is 9.97. The smallest absolute Gasteiger partial charge is 0.237 e. The van der Waals surface area contributed by atoms with Crippen molar-refractivity contribution >= 4 is 5.91 Å². The van der Waals surface area contributed by atoms with Gasteiger partial charge in [0.15, 0.2) is 0 Å². The summed E-state index contributed by atoms with van der Waals surface area (Å²) in [5.74, 6) is 0.194. The first-order chi connectivity index (χ1) is 6.79. The van der Waals surface area contributed by atoms with E-state index in [9.17, 15) is 4.79 Å². The fourth-order valence-corrected chi connectivity index (χ4v) is 2.05. The zero-order valence-electron chi connectivity index (χ0n) is 8.75. The number of nitrogens with one attached hydrogen (secondary N) is 2. The molecule has 2 aliphatic heterocycles. The first-order valence-corrected chi connectivity index (χ1v) is 5.55. The highest BCUT2D eigenvalue weighted by atomic mass is 16.2. The predicted molar refractivity (Wildman–Crippen MR) is 55.1 cm³/mol. The molecule has 80 valence electrons. The second-order valence-electron chi connectivity index (χ2n) is 4.18. The van der Waals surface area contributed by atoms with Crippen LogP contribution in [0, 0.1) is 0 Å². The maximum absolute atomic E-state index is 11.6. The van der Waals surface area contributed by atoms with Crippen LogP contribution < -0.4 is 10.6 Å². The van der Waals surface area contributed by atoms with Crippen molar-refractivity contribution in [3.05, 3.63) is 0 Å². The first-order valence-electron chi connectivity index (χ1n) is 5.55. The van der Waals surface area contributed by atoms with Crippen molar-refractivity contribution in [1.82, 2.24) is 15.5 Å². The average molecular weight is 197 g/mol. The van der Waals surface area contributed by atoms with Crippen molar-refractivity contribution in [3.63, 3.8) is 0 Å². The van der Waals surface area contributed by atoms with Gasteiger partial charge in [0, 0.05) is 19.1 Å². The Hall–Kier alpha value is -0.610. The summed E-state index contributed by atoms with van der Waals surface area (Å²) < 4.78 is 0. The number of likely N-dealkylation sites (N-methyl/N-ethyl adjacent to an activating group) is 1. The Morgan fingerprint density at radius 3 is 2.86 bits per heavy atom. The Labute approximate surface area is 85.0 Å². The summed E-state index contributed by atoms with van der Waals surface area (Å²) in [6, 6.07) is 0.468. The molecule has 2 fully saturated rings. The number of hydrogen-bond acceptors (Lipinski definition) is 3. The largest absolute Gasteiger partial charge is 0.351 e. The van der Waals surface area contributed by atoms with Crippen LogP contribution in [-0.2, 0) is 4.79 Å². The second-order valence-corrected chi connectivity index (χ2v) is 4.18. The van der Waals surface area contributed by atoms with E-state index >= 15 is 0 Å². The topological polar surface area (TPSA) is 44.4 Å². The maximum atomic E-state index is 11.6. The Morgan fingerprint density at radius 2 is 2.36 bits per heavy atom. The molecule has 4 heteroatoms. The molecule has 0 aromatic rings. The van der Waals surface area contributed by atoms with E-state index in [-0.39, 0.29) is 11.9 Å². The summed E-state index contributed by atoms with van der Waals surface area (Å²) in [6.07, 6.45) is 2.10. The number of nitrogens with zero attached hydrogens (tertiary/aromatic N) is 1. The van der Waals surface area contributed by atoms with Crippen LogP contribution in [0.2, 0.25) is 0 Å². The predicted octanol–water partition coefficient (Wildman–Crippen LogP) is -0.441. The van der Waals surface area contributed by atoms with Crippen LogP contribution in [0.25, 0.3) is 0 Å². The van der Waals surface area contributed by atoms with Crippen LogP contribution in [0.1, 0.15) is 19.8 Å². The van der Waals surface area contributed by atoms with Gasteiger partial charge in [-0.05, 0) is 25.9 Å². The van der Waals surface area contributed by atoms with Crippen LogP contribution in [0.5, 0.6) is 0 Å². The SMILES string of the molecule is CCN1CCC(NC(=O)C2CCN2)C1. The molecular formula is C10H19N3O. The highest BCUT2D eigenvalue weighted by molar-refractivity contribution is 5.82. The molecule has 0 spiro atoms. The van der Waals surface area contributed by atoms with Crippen LogP contribution in [0.4, 0.5) is 0 Å². The van der Waals surface area contributed by atoms with Crippen molar-refractivity contribution < 1.29 is 4.79 Å². The van der Waals surface area contributed by atoms with Gasteiger partial charge in [-0.15, -0.1) is 0 Å². The van der Waals surface area contributed by atoms with Crippen molar-refractivity contribution in [2.45, 2.75) is 31.8 Å². The molecule has 0 aromatic heterocycles. The third kappa shape index (κ3) is 2.07. The normalized spacial score (nSPS) is 32.6. The molecule has 2 heterocycles. The van der Waals surface area contributed by atoms with Gasteiger partial charge in [0.05, 0.1) is 6.04 Å². The molecule has 0 aliphatic carbocycles. The van der Waals surface area contributed by atoms with Crippen molar-refractivity contribution in [1.29, 1.82) is 0 Å². The second kappa shape index (κ2) is 4.28. The van der Waals surface area contributed by atoms with Gasteiger partial charge in [-0.25, -0.2) is 0 Å². The Kier molecular flexibility index (Phi) is 3.03. The van der Waals surface area contributed by atoms with Crippen molar-refractivity contribution in [2.24, 2.45) is 0 Å². The van der Waals surface area contributed by atoms with Gasteiger partial charge in [0.1, 0.15) is 0 Å². The molecule has 2 unspecified atom stereocenters. The minimum absolute atomic E-state index is 0.0886. The minimum atomic E-state index is 0.0886. The lowest BCUT2D eigenvalue weighted by Gasteiger charge is -2.27. The Balaban J connectivity index is 1.72. The number of carbonyl (C=O) groups excluding carboxylic acids is 1. The summed E-state index contributed by atoms with van der Waals surface area (Å²) >= 11 is 0. The molecule has 0 aromatic carbocycles. The molecule has 2 aliphatic rings. The molecule has 14 heavy (non-hydrogen) atoms. The molecule has 4 nitrogen and oxygen atoms in total. The molecule has 2 N–H and O–H groups in total. The van der Waals surface area contributed by atoms with Gasteiger partial charge in [-0.2, -0.15) is 0 Å². The van der Waals surface area contributed by atoms with Crippen LogP contribution in [-0.4, -0.2) is 49.1 Å². The fraction of sp³-hybridized carbons (Fsp3) is 0.900. The summed E-state index contributed by atoms with van der Waals surface area (Å²) in [7, 11) is 0. The quantitative estimate of drug-likeness (QED) is 0.644. The number of hydrogen-bond donors (Lipinski definition) is 2. The molecular weight excluding hydrogens is 178 g/mol. The van der Waals surface area contributed by atoms with E-state index in [1.807, 2.05) is 0 Å². The van der Waals surface area contributed by atoms with E-state index in [4.69, 9.17) is 0 Å². The van der Waals surface area contributed by atoms with E-state index in [0.717, 1.165) is 39.0 Å². The van der Waals surface area contributed by atoms with E-state index in [2.05, 4.69) is 22.5 Å². The van der Waals surface area contributed by atoms with E-state index in [0.29, 0.717) is 6.04 Å². The zero-order valence-corrected chi connectivity index (χ0v) is 8.75. The van der Waals surface area contributed by atoms with Gasteiger partial charge >= 0.3 is 0 Å². The lowest BCUT2D eigenvalue weighted by Crippen LogP contribution is -2.55. The van der Waals surface area contributed by atoms with Gasteiger partial charge in [-0.3, -0.25) is 4.79 Å². The number of likely N-dealkylation sites (tertiary alicyclic amines) is 1. The van der Waals surface area contributed by atoms with Crippen molar-refractivity contribution in [2.75, 3.05) is 26.2 Å². The number of carbonyl (C=O) groups is 1. The van der Waals surface area contributed by atoms with Crippen LogP contribution >= 0.6 is 0 Å². The van der Waals surface area contributed by atoms with Crippen LogP contribution in [0.3, 0.4) is 0 Å². The molecule has 2 rings (SSSR count). The van der Waals surface area contributed by atoms with Gasteiger partial charge in [0.25, 0.3) is 0 Å². The van der Waals surface area contributed by atoms with Gasteiger partial charge in [-0.1, -0.05) is 6.92 Å².